The summed E-state index contributed by atoms with van der Waals surface area (Å²) >= 11 is 0. The molecule has 0 spiro atoms. The first kappa shape index (κ1) is 12.4. The molecule has 17 heavy (non-hydrogen) atoms. The molecule has 1 aromatic rings. The fourth-order valence-corrected chi connectivity index (χ4v) is 2.60. The van der Waals surface area contributed by atoms with Gasteiger partial charge in [0.05, 0.1) is 0 Å². The van der Waals surface area contributed by atoms with Crippen molar-refractivity contribution in [2.24, 2.45) is 7.05 Å². The van der Waals surface area contributed by atoms with Crippen molar-refractivity contribution in [2.45, 2.75) is 45.2 Å². The summed E-state index contributed by atoms with van der Waals surface area (Å²) in [6.07, 6.45) is 5.68. The largest absolute Gasteiger partial charge is 0.352 e. The highest BCUT2D eigenvalue weighted by Crippen LogP contribution is 2.23. The monoisotopic (exact) mass is 236 g/mol. The van der Waals surface area contributed by atoms with Crippen molar-refractivity contribution in [3.8, 4) is 0 Å². The molecule has 0 amide bonds. The minimum atomic E-state index is 0.577. The minimum absolute atomic E-state index is 0.577. The van der Waals surface area contributed by atoms with E-state index in [-0.39, 0.29) is 0 Å². The molecule has 1 aliphatic heterocycles. The van der Waals surface area contributed by atoms with Crippen molar-refractivity contribution < 1.29 is 0 Å². The molecule has 2 heterocycles. The summed E-state index contributed by atoms with van der Waals surface area (Å²) in [5, 5.41) is 8.12. The number of hydrogen-bond acceptors (Lipinski definition) is 3. The molecule has 0 aromatic carbocycles. The van der Waals surface area contributed by atoms with Crippen molar-refractivity contribution in [3.63, 3.8) is 0 Å². The third-order valence-corrected chi connectivity index (χ3v) is 3.55. The first-order valence-electron chi connectivity index (χ1n) is 6.70. The van der Waals surface area contributed by atoms with Gasteiger partial charge in [0.1, 0.15) is 0 Å². The van der Waals surface area contributed by atoms with E-state index in [4.69, 9.17) is 0 Å². The zero-order valence-electron chi connectivity index (χ0n) is 11.2. The SMILES string of the molecule is CCCNC1CCN(c2ccn(C)n2)C(C)C1. The van der Waals surface area contributed by atoms with Gasteiger partial charge in [0, 0.05) is 37.9 Å². The lowest BCUT2D eigenvalue weighted by molar-refractivity contribution is 0.367. The molecule has 2 atom stereocenters. The molecule has 4 heteroatoms. The van der Waals surface area contributed by atoms with Gasteiger partial charge >= 0.3 is 0 Å². The lowest BCUT2D eigenvalue weighted by Gasteiger charge is -2.38. The van der Waals surface area contributed by atoms with E-state index in [1.54, 1.807) is 0 Å². The molecule has 2 rings (SSSR count). The molecule has 4 nitrogen and oxygen atoms in total. The van der Waals surface area contributed by atoms with Crippen molar-refractivity contribution in [1.82, 2.24) is 15.1 Å². The molecule has 96 valence electrons. The molecule has 0 radical (unpaired) electrons. The predicted molar refractivity (Wildman–Crippen MR) is 71.3 cm³/mol. The number of rotatable bonds is 4. The average molecular weight is 236 g/mol. The van der Waals surface area contributed by atoms with E-state index in [9.17, 15) is 0 Å². The van der Waals surface area contributed by atoms with Gasteiger partial charge in [-0.3, -0.25) is 4.68 Å². The quantitative estimate of drug-likeness (QED) is 0.865. The molecule has 1 fully saturated rings. The minimum Gasteiger partial charge on any atom is -0.352 e. The van der Waals surface area contributed by atoms with Gasteiger partial charge in [0.2, 0.25) is 0 Å². The Hall–Kier alpha value is -1.03. The second-order valence-corrected chi connectivity index (χ2v) is 5.07. The smallest absolute Gasteiger partial charge is 0.150 e. The van der Waals surface area contributed by atoms with E-state index in [0.717, 1.165) is 18.9 Å². The number of piperidine rings is 1. The van der Waals surface area contributed by atoms with Crippen molar-refractivity contribution in [1.29, 1.82) is 0 Å². The lowest BCUT2D eigenvalue weighted by Crippen LogP contribution is -2.47. The summed E-state index contributed by atoms with van der Waals surface area (Å²) < 4.78 is 1.88. The van der Waals surface area contributed by atoms with E-state index in [0.29, 0.717) is 12.1 Å². The van der Waals surface area contributed by atoms with Crippen LogP contribution in [0.25, 0.3) is 0 Å². The van der Waals surface area contributed by atoms with Crippen LogP contribution in [0.15, 0.2) is 12.3 Å². The van der Waals surface area contributed by atoms with Crippen molar-refractivity contribution >= 4 is 5.82 Å². The second kappa shape index (κ2) is 5.54. The first-order chi connectivity index (χ1) is 8.20. The summed E-state index contributed by atoms with van der Waals surface area (Å²) in [6, 6.07) is 3.37. The van der Waals surface area contributed by atoms with Gasteiger partial charge in [-0.05, 0) is 32.7 Å². The van der Waals surface area contributed by atoms with Crippen LogP contribution in [0, 0.1) is 0 Å². The number of hydrogen-bond donors (Lipinski definition) is 1. The van der Waals surface area contributed by atoms with E-state index >= 15 is 0 Å². The normalized spacial score (nSPS) is 25.2. The zero-order valence-corrected chi connectivity index (χ0v) is 11.2. The van der Waals surface area contributed by atoms with E-state index in [2.05, 4.69) is 35.2 Å². The summed E-state index contributed by atoms with van der Waals surface area (Å²) in [5.74, 6) is 1.12. The Balaban J connectivity index is 1.91. The highest BCUT2D eigenvalue weighted by Gasteiger charge is 2.26. The van der Waals surface area contributed by atoms with Gasteiger partial charge in [-0.1, -0.05) is 6.92 Å². The van der Waals surface area contributed by atoms with Gasteiger partial charge in [-0.2, -0.15) is 5.10 Å². The number of aromatic nitrogens is 2. The molecule has 0 saturated carbocycles. The van der Waals surface area contributed by atoms with Gasteiger partial charge < -0.3 is 10.2 Å². The molecule has 2 unspecified atom stereocenters. The number of anilines is 1. The maximum atomic E-state index is 4.49. The van der Waals surface area contributed by atoms with Crippen molar-refractivity contribution in [3.05, 3.63) is 12.3 Å². The van der Waals surface area contributed by atoms with Crippen LogP contribution >= 0.6 is 0 Å². The molecular weight excluding hydrogens is 212 g/mol. The Morgan fingerprint density at radius 2 is 2.35 bits per heavy atom. The predicted octanol–water partition coefficient (Wildman–Crippen LogP) is 1.78. The number of aryl methyl sites for hydroxylation is 1. The summed E-state index contributed by atoms with van der Waals surface area (Å²) in [4.78, 5) is 2.42. The standard InChI is InChI=1S/C13H24N4/c1-4-7-14-12-5-9-17(11(2)10-12)13-6-8-16(3)15-13/h6,8,11-12,14H,4-5,7,9-10H2,1-3H3. The Kier molecular flexibility index (Phi) is 4.05. The van der Waals surface area contributed by atoms with Gasteiger partial charge in [0.15, 0.2) is 5.82 Å². The molecule has 0 bridgehead atoms. The van der Waals surface area contributed by atoms with Crippen molar-refractivity contribution in [2.75, 3.05) is 18.0 Å². The summed E-state index contributed by atoms with van der Waals surface area (Å²) in [6.45, 7) is 6.77. The first-order valence-corrected chi connectivity index (χ1v) is 6.70. The van der Waals surface area contributed by atoms with Crippen LogP contribution < -0.4 is 10.2 Å². The molecule has 1 aliphatic rings. The topological polar surface area (TPSA) is 33.1 Å². The van der Waals surface area contributed by atoms with E-state index < -0.39 is 0 Å². The fourth-order valence-electron chi connectivity index (χ4n) is 2.60. The molecular formula is C13H24N4. The Morgan fingerprint density at radius 1 is 1.53 bits per heavy atom. The molecule has 1 N–H and O–H groups in total. The van der Waals surface area contributed by atoms with Crippen LogP contribution in [0.1, 0.15) is 33.1 Å². The highest BCUT2D eigenvalue weighted by molar-refractivity contribution is 5.39. The molecule has 1 aromatic heterocycles. The van der Waals surface area contributed by atoms with Crippen LogP contribution in [-0.4, -0.2) is 35.0 Å². The maximum Gasteiger partial charge on any atom is 0.150 e. The van der Waals surface area contributed by atoms with Gasteiger partial charge in [0.25, 0.3) is 0 Å². The van der Waals surface area contributed by atoms with E-state index in [1.165, 1.54) is 19.3 Å². The second-order valence-electron chi connectivity index (χ2n) is 5.07. The summed E-state index contributed by atoms with van der Waals surface area (Å²) in [7, 11) is 1.98. The van der Waals surface area contributed by atoms with Crippen LogP contribution in [0.5, 0.6) is 0 Å². The zero-order chi connectivity index (χ0) is 12.3. The Labute approximate surface area is 104 Å². The van der Waals surface area contributed by atoms with Crippen LogP contribution in [0.2, 0.25) is 0 Å². The lowest BCUT2D eigenvalue weighted by atomic mass is 9.98. The average Bonchev–Trinajstić information content (AvgIpc) is 2.73. The van der Waals surface area contributed by atoms with Crippen LogP contribution in [0.3, 0.4) is 0 Å². The van der Waals surface area contributed by atoms with Gasteiger partial charge in [-0.15, -0.1) is 0 Å². The van der Waals surface area contributed by atoms with Crippen LogP contribution in [0.4, 0.5) is 5.82 Å². The van der Waals surface area contributed by atoms with Gasteiger partial charge in [-0.25, -0.2) is 0 Å². The molecule has 0 aliphatic carbocycles. The fraction of sp³-hybridized carbons (Fsp3) is 0.769. The summed E-state index contributed by atoms with van der Waals surface area (Å²) in [5.41, 5.74) is 0. The van der Waals surface area contributed by atoms with Crippen LogP contribution in [-0.2, 0) is 7.05 Å². The molecule has 1 saturated heterocycles. The highest BCUT2D eigenvalue weighted by atomic mass is 15.3. The number of nitrogens with zero attached hydrogens (tertiary/aromatic N) is 3. The maximum absolute atomic E-state index is 4.49. The Bertz CT molecular complexity index is 347. The third-order valence-electron chi connectivity index (χ3n) is 3.55. The Morgan fingerprint density at radius 3 is 2.94 bits per heavy atom. The number of nitrogens with one attached hydrogen (secondary N) is 1. The third kappa shape index (κ3) is 3.00. The van der Waals surface area contributed by atoms with E-state index in [1.807, 2.05) is 17.9 Å².